The van der Waals surface area contributed by atoms with Crippen LogP contribution < -0.4 is 9.47 Å². The highest BCUT2D eigenvalue weighted by atomic mass is 16.6. The minimum atomic E-state index is -0.829. The predicted octanol–water partition coefficient (Wildman–Crippen LogP) is 2.04. The highest BCUT2D eigenvalue weighted by Gasteiger charge is 2.25. The summed E-state index contributed by atoms with van der Waals surface area (Å²) in [5, 5.41) is 9.13. The van der Waals surface area contributed by atoms with Gasteiger partial charge in [-0.3, -0.25) is 4.79 Å². The molecule has 16 heavy (non-hydrogen) atoms. The monoisotopic (exact) mass is 222 g/mol. The fraction of sp³-hybridized carbons (Fsp3) is 0.417. The van der Waals surface area contributed by atoms with Gasteiger partial charge in [-0.1, -0.05) is 19.1 Å². The lowest BCUT2D eigenvalue weighted by Gasteiger charge is -2.23. The number of hydrogen-bond acceptors (Lipinski definition) is 3. The Bertz CT molecular complexity index is 400. The second-order valence-corrected chi connectivity index (χ2v) is 3.67. The molecular formula is C12H14O4. The Balaban J connectivity index is 2.43. The molecule has 0 saturated carbocycles. The van der Waals surface area contributed by atoms with E-state index < -0.39 is 11.9 Å². The van der Waals surface area contributed by atoms with Gasteiger partial charge in [0.25, 0.3) is 0 Å². The van der Waals surface area contributed by atoms with E-state index in [-0.39, 0.29) is 0 Å². The molecule has 0 spiro atoms. The van der Waals surface area contributed by atoms with E-state index in [1.807, 2.05) is 6.92 Å². The molecule has 1 aliphatic heterocycles. The lowest BCUT2D eigenvalue weighted by atomic mass is 9.95. The van der Waals surface area contributed by atoms with Crippen molar-refractivity contribution in [2.75, 3.05) is 13.2 Å². The van der Waals surface area contributed by atoms with Gasteiger partial charge in [-0.05, 0) is 12.5 Å². The van der Waals surface area contributed by atoms with Crippen molar-refractivity contribution < 1.29 is 19.4 Å². The standard InChI is InChI=1S/C12H14O4/c1-2-8(12(13)14)9-4-3-5-10-11(9)16-7-6-15-10/h3-5,8H,2,6-7H2,1H3,(H,13,14). The van der Waals surface area contributed by atoms with E-state index in [9.17, 15) is 4.79 Å². The summed E-state index contributed by atoms with van der Waals surface area (Å²) in [7, 11) is 0. The first-order valence-corrected chi connectivity index (χ1v) is 5.35. The van der Waals surface area contributed by atoms with Gasteiger partial charge in [-0.2, -0.15) is 0 Å². The first-order valence-electron chi connectivity index (χ1n) is 5.35. The molecule has 2 rings (SSSR count). The third-order valence-electron chi connectivity index (χ3n) is 2.68. The van der Waals surface area contributed by atoms with Gasteiger partial charge < -0.3 is 14.6 Å². The topological polar surface area (TPSA) is 55.8 Å². The summed E-state index contributed by atoms with van der Waals surface area (Å²) in [5.41, 5.74) is 0.701. The van der Waals surface area contributed by atoms with E-state index in [0.717, 1.165) is 0 Å². The molecule has 1 unspecified atom stereocenters. The van der Waals surface area contributed by atoms with Crippen LogP contribution in [-0.4, -0.2) is 24.3 Å². The minimum Gasteiger partial charge on any atom is -0.486 e. The number of aliphatic carboxylic acids is 1. The maximum atomic E-state index is 11.1. The Hall–Kier alpha value is -1.71. The number of benzene rings is 1. The summed E-state index contributed by atoms with van der Waals surface area (Å²) in [6, 6.07) is 5.39. The fourth-order valence-corrected chi connectivity index (χ4v) is 1.90. The van der Waals surface area contributed by atoms with Gasteiger partial charge >= 0.3 is 5.97 Å². The van der Waals surface area contributed by atoms with Crippen LogP contribution in [0.1, 0.15) is 24.8 Å². The van der Waals surface area contributed by atoms with Gasteiger partial charge in [0.1, 0.15) is 13.2 Å². The predicted molar refractivity (Wildman–Crippen MR) is 58.1 cm³/mol. The van der Waals surface area contributed by atoms with Crippen LogP contribution in [0, 0.1) is 0 Å². The third kappa shape index (κ3) is 1.83. The van der Waals surface area contributed by atoms with Crippen LogP contribution in [0.2, 0.25) is 0 Å². The molecule has 0 radical (unpaired) electrons. The first kappa shape index (κ1) is 10.8. The largest absolute Gasteiger partial charge is 0.486 e. The smallest absolute Gasteiger partial charge is 0.311 e. The molecule has 0 aromatic heterocycles. The second-order valence-electron chi connectivity index (χ2n) is 3.67. The molecule has 1 aliphatic rings. The van der Waals surface area contributed by atoms with Crippen LogP contribution in [0.15, 0.2) is 18.2 Å². The van der Waals surface area contributed by atoms with Crippen LogP contribution >= 0.6 is 0 Å². The average Bonchev–Trinajstić information content (AvgIpc) is 2.30. The molecule has 4 nitrogen and oxygen atoms in total. The number of carboxylic acids is 1. The first-order chi connectivity index (χ1) is 7.74. The minimum absolute atomic E-state index is 0.472. The van der Waals surface area contributed by atoms with E-state index >= 15 is 0 Å². The highest BCUT2D eigenvalue weighted by Crippen LogP contribution is 2.38. The molecule has 0 bridgehead atoms. The zero-order valence-electron chi connectivity index (χ0n) is 9.10. The maximum Gasteiger partial charge on any atom is 0.311 e. The van der Waals surface area contributed by atoms with Crippen LogP contribution in [-0.2, 0) is 4.79 Å². The van der Waals surface area contributed by atoms with Crippen LogP contribution in [0.4, 0.5) is 0 Å². The van der Waals surface area contributed by atoms with E-state index in [0.29, 0.717) is 36.7 Å². The Morgan fingerprint density at radius 2 is 2.19 bits per heavy atom. The maximum absolute atomic E-state index is 11.1. The Kier molecular flexibility index (Phi) is 2.99. The summed E-state index contributed by atoms with van der Waals surface area (Å²) < 4.78 is 10.9. The molecule has 1 heterocycles. The Morgan fingerprint density at radius 1 is 1.44 bits per heavy atom. The molecule has 86 valence electrons. The number of carboxylic acid groups (broad SMARTS) is 1. The van der Waals surface area contributed by atoms with Gasteiger partial charge in [0.15, 0.2) is 11.5 Å². The Morgan fingerprint density at radius 3 is 2.88 bits per heavy atom. The summed E-state index contributed by atoms with van der Waals surface area (Å²) >= 11 is 0. The van der Waals surface area contributed by atoms with Crippen LogP contribution in [0.3, 0.4) is 0 Å². The van der Waals surface area contributed by atoms with Crippen molar-refractivity contribution in [3.8, 4) is 11.5 Å². The van der Waals surface area contributed by atoms with Crippen molar-refractivity contribution >= 4 is 5.97 Å². The van der Waals surface area contributed by atoms with Gasteiger partial charge in [-0.25, -0.2) is 0 Å². The third-order valence-corrected chi connectivity index (χ3v) is 2.68. The lowest BCUT2D eigenvalue weighted by Crippen LogP contribution is -2.19. The SMILES string of the molecule is CCC(C(=O)O)c1cccc2c1OCCO2. The number of carbonyl (C=O) groups is 1. The number of rotatable bonds is 3. The second kappa shape index (κ2) is 4.43. The summed E-state index contributed by atoms with van der Waals surface area (Å²) in [6.45, 7) is 2.84. The molecule has 1 aromatic carbocycles. The van der Waals surface area contributed by atoms with Gasteiger partial charge in [-0.15, -0.1) is 0 Å². The zero-order chi connectivity index (χ0) is 11.5. The van der Waals surface area contributed by atoms with Crippen molar-refractivity contribution in [1.29, 1.82) is 0 Å². The molecule has 1 aromatic rings. The lowest BCUT2D eigenvalue weighted by molar-refractivity contribution is -0.138. The number of hydrogen-bond donors (Lipinski definition) is 1. The van der Waals surface area contributed by atoms with Crippen molar-refractivity contribution in [2.45, 2.75) is 19.3 Å². The van der Waals surface area contributed by atoms with E-state index in [4.69, 9.17) is 14.6 Å². The van der Waals surface area contributed by atoms with Crippen LogP contribution in [0.25, 0.3) is 0 Å². The van der Waals surface area contributed by atoms with E-state index in [1.165, 1.54) is 0 Å². The number of ether oxygens (including phenoxy) is 2. The number of fused-ring (bicyclic) bond motifs is 1. The normalized spacial score (nSPS) is 15.6. The Labute approximate surface area is 93.8 Å². The van der Waals surface area contributed by atoms with Gasteiger partial charge in [0.2, 0.25) is 0 Å². The summed E-state index contributed by atoms with van der Waals surface area (Å²) in [6.07, 6.45) is 0.537. The van der Waals surface area contributed by atoms with Crippen molar-refractivity contribution in [3.05, 3.63) is 23.8 Å². The average molecular weight is 222 g/mol. The number of para-hydroxylation sites is 1. The van der Waals surface area contributed by atoms with Gasteiger partial charge in [0.05, 0.1) is 5.92 Å². The molecule has 0 saturated heterocycles. The van der Waals surface area contributed by atoms with Crippen LogP contribution in [0.5, 0.6) is 11.5 Å². The van der Waals surface area contributed by atoms with Crippen molar-refractivity contribution in [3.63, 3.8) is 0 Å². The van der Waals surface area contributed by atoms with E-state index in [1.54, 1.807) is 18.2 Å². The van der Waals surface area contributed by atoms with E-state index in [2.05, 4.69) is 0 Å². The highest BCUT2D eigenvalue weighted by molar-refractivity contribution is 5.77. The van der Waals surface area contributed by atoms with Gasteiger partial charge in [0, 0.05) is 5.56 Å². The molecule has 0 fully saturated rings. The molecule has 0 amide bonds. The zero-order valence-corrected chi connectivity index (χ0v) is 9.10. The fourth-order valence-electron chi connectivity index (χ4n) is 1.90. The van der Waals surface area contributed by atoms with Crippen molar-refractivity contribution in [1.82, 2.24) is 0 Å². The molecule has 4 heteroatoms. The molecule has 1 N–H and O–H groups in total. The molecular weight excluding hydrogens is 208 g/mol. The molecule has 1 atom stereocenters. The summed E-state index contributed by atoms with van der Waals surface area (Å²) in [5.74, 6) is -0.131. The summed E-state index contributed by atoms with van der Waals surface area (Å²) in [4.78, 5) is 11.1. The quantitative estimate of drug-likeness (QED) is 0.850. The molecule has 0 aliphatic carbocycles. The van der Waals surface area contributed by atoms with Crippen molar-refractivity contribution in [2.24, 2.45) is 0 Å².